The molecule has 0 radical (unpaired) electrons. The fourth-order valence-electron chi connectivity index (χ4n) is 1.60. The normalized spacial score (nSPS) is 13.6. The van der Waals surface area contributed by atoms with E-state index in [9.17, 15) is 48.7 Å². The Bertz CT molecular complexity index is 656. The van der Waals surface area contributed by atoms with Gasteiger partial charge in [0.1, 0.15) is 0 Å². The highest BCUT2D eigenvalue weighted by atomic mass is 19.4. The van der Waals surface area contributed by atoms with E-state index in [2.05, 4.69) is 4.74 Å². The molecular formula is C12H7F10NO2. The van der Waals surface area contributed by atoms with Gasteiger partial charge in [0.25, 0.3) is 0 Å². The molecule has 25 heavy (non-hydrogen) atoms. The Kier molecular flexibility index (Phi) is 5.50. The van der Waals surface area contributed by atoms with Crippen molar-refractivity contribution in [2.75, 3.05) is 14.1 Å². The predicted octanol–water partition coefficient (Wildman–Crippen LogP) is 3.62. The van der Waals surface area contributed by atoms with Crippen LogP contribution >= 0.6 is 0 Å². The second-order valence-electron chi connectivity index (χ2n) is 4.77. The first-order valence-corrected chi connectivity index (χ1v) is 5.99. The lowest BCUT2D eigenvalue weighted by atomic mass is 10.1. The number of amides is 1. The molecule has 0 aromatic heterocycles. The number of nitrogens with zero attached hydrogens (tertiary/aromatic N) is 1. The predicted molar refractivity (Wildman–Crippen MR) is 60.0 cm³/mol. The lowest BCUT2D eigenvalue weighted by Gasteiger charge is -2.29. The van der Waals surface area contributed by atoms with Gasteiger partial charge < -0.3 is 9.64 Å². The molecule has 3 nitrogen and oxygen atoms in total. The fourth-order valence-corrected chi connectivity index (χ4v) is 1.60. The molecule has 0 saturated carbocycles. The second kappa shape index (κ2) is 6.59. The van der Waals surface area contributed by atoms with E-state index in [-0.39, 0.29) is 4.90 Å². The van der Waals surface area contributed by atoms with E-state index in [0.717, 1.165) is 0 Å². The van der Waals surface area contributed by atoms with Crippen LogP contribution in [0.25, 0.3) is 0 Å². The quantitative estimate of drug-likeness (QED) is 0.449. The zero-order chi connectivity index (χ0) is 19.9. The highest BCUT2D eigenvalue weighted by Gasteiger charge is 2.63. The van der Waals surface area contributed by atoms with Crippen molar-refractivity contribution < 1.29 is 53.4 Å². The van der Waals surface area contributed by atoms with Crippen LogP contribution in [-0.2, 0) is 4.79 Å². The molecule has 1 aromatic carbocycles. The minimum atomic E-state index is -5.96. The van der Waals surface area contributed by atoms with Gasteiger partial charge in [-0.2, -0.15) is 30.7 Å². The van der Waals surface area contributed by atoms with Crippen LogP contribution in [0.5, 0.6) is 5.75 Å². The molecular weight excluding hydrogens is 380 g/mol. The first kappa shape index (κ1) is 20.8. The molecule has 13 heteroatoms. The van der Waals surface area contributed by atoms with Crippen molar-refractivity contribution in [2.24, 2.45) is 5.92 Å². The highest BCUT2D eigenvalue weighted by Crippen LogP contribution is 2.42. The van der Waals surface area contributed by atoms with Crippen LogP contribution in [0.15, 0.2) is 0 Å². The minimum absolute atomic E-state index is 0.0774. The Hall–Kier alpha value is -2.21. The lowest BCUT2D eigenvalue weighted by Crippen LogP contribution is -2.52. The van der Waals surface area contributed by atoms with E-state index in [1.54, 1.807) is 0 Å². The number of benzene rings is 1. The number of carbonyl (C=O) groups excluding carboxylic acids is 1. The summed E-state index contributed by atoms with van der Waals surface area (Å²) < 4.78 is 134. The first-order chi connectivity index (χ1) is 11.1. The summed E-state index contributed by atoms with van der Waals surface area (Å²) in [4.78, 5) is 11.4. The SMILES string of the molecule is CN(C)C(=O)C(C(F)(F)F)C(F)(F)Oc1c(F)c(F)c(F)c(F)c1F. The van der Waals surface area contributed by atoms with E-state index in [1.807, 2.05) is 0 Å². The van der Waals surface area contributed by atoms with Gasteiger partial charge in [0, 0.05) is 14.1 Å². The average Bonchev–Trinajstić information content (AvgIpc) is 2.45. The molecule has 1 aromatic rings. The summed E-state index contributed by atoms with van der Waals surface area (Å²) in [6.45, 7) is 0. The zero-order valence-electron chi connectivity index (χ0n) is 12.1. The van der Waals surface area contributed by atoms with Crippen LogP contribution in [0, 0.1) is 35.0 Å². The van der Waals surface area contributed by atoms with Gasteiger partial charge >= 0.3 is 12.3 Å². The number of hydrogen-bond donors (Lipinski definition) is 0. The largest absolute Gasteiger partial charge is 0.425 e. The highest BCUT2D eigenvalue weighted by molar-refractivity contribution is 5.80. The van der Waals surface area contributed by atoms with Gasteiger partial charge in [0.2, 0.25) is 46.7 Å². The van der Waals surface area contributed by atoms with E-state index >= 15 is 0 Å². The van der Waals surface area contributed by atoms with Crippen LogP contribution < -0.4 is 4.74 Å². The van der Waals surface area contributed by atoms with Gasteiger partial charge in [0.05, 0.1) is 0 Å². The summed E-state index contributed by atoms with van der Waals surface area (Å²) >= 11 is 0. The Morgan fingerprint density at radius 1 is 0.840 bits per heavy atom. The van der Waals surface area contributed by atoms with E-state index in [0.29, 0.717) is 14.1 Å². The molecule has 1 amide bonds. The monoisotopic (exact) mass is 387 g/mol. The molecule has 0 N–H and O–H groups in total. The first-order valence-electron chi connectivity index (χ1n) is 5.99. The zero-order valence-corrected chi connectivity index (χ0v) is 12.1. The molecule has 1 unspecified atom stereocenters. The number of alkyl halides is 5. The third-order valence-electron chi connectivity index (χ3n) is 2.76. The second-order valence-corrected chi connectivity index (χ2v) is 4.77. The molecule has 0 aliphatic rings. The van der Waals surface area contributed by atoms with Crippen LogP contribution in [0.2, 0.25) is 0 Å². The summed E-state index contributed by atoms with van der Waals surface area (Å²) in [7, 11) is 1.32. The maximum absolute atomic E-state index is 13.7. The Morgan fingerprint density at radius 2 is 1.20 bits per heavy atom. The smallest absolute Gasteiger partial charge is 0.418 e. The molecule has 0 saturated heterocycles. The van der Waals surface area contributed by atoms with Crippen LogP contribution in [0.4, 0.5) is 43.9 Å². The fraction of sp³-hybridized carbons (Fsp3) is 0.417. The topological polar surface area (TPSA) is 29.5 Å². The van der Waals surface area contributed by atoms with Gasteiger partial charge in [-0.3, -0.25) is 4.79 Å². The van der Waals surface area contributed by atoms with Crippen molar-refractivity contribution in [3.8, 4) is 5.75 Å². The molecule has 0 bridgehead atoms. The third-order valence-corrected chi connectivity index (χ3v) is 2.76. The van der Waals surface area contributed by atoms with E-state index in [1.165, 1.54) is 0 Å². The number of rotatable bonds is 4. The van der Waals surface area contributed by atoms with Crippen molar-refractivity contribution in [1.82, 2.24) is 4.90 Å². The van der Waals surface area contributed by atoms with E-state index in [4.69, 9.17) is 0 Å². The summed E-state index contributed by atoms with van der Waals surface area (Å²) in [5.41, 5.74) is 0. The number of hydrogen-bond acceptors (Lipinski definition) is 2. The van der Waals surface area contributed by atoms with Gasteiger partial charge in [-0.25, -0.2) is 13.2 Å². The molecule has 1 atom stereocenters. The minimum Gasteiger partial charge on any atom is -0.425 e. The summed E-state index contributed by atoms with van der Waals surface area (Å²) in [6.07, 6.45) is -11.6. The molecule has 142 valence electrons. The molecule has 0 fully saturated rings. The average molecular weight is 387 g/mol. The number of carbonyl (C=O) groups is 1. The standard InChI is InChI=1S/C12H7F10NO2/c1-23(2)10(24)9(11(18,19)20)12(21,22)25-8-6(16)4(14)3(13)5(15)7(8)17/h9H,1-2H3. The molecule has 0 aliphatic heterocycles. The summed E-state index contributed by atoms with van der Waals surface area (Å²) in [5, 5.41) is 0. The van der Waals surface area contributed by atoms with Gasteiger partial charge in [-0.05, 0) is 0 Å². The maximum Gasteiger partial charge on any atom is 0.418 e. The van der Waals surface area contributed by atoms with Gasteiger partial charge in [0.15, 0.2) is 0 Å². The van der Waals surface area contributed by atoms with Crippen LogP contribution in [0.3, 0.4) is 0 Å². The summed E-state index contributed by atoms with van der Waals surface area (Å²) in [5.74, 6) is -23.2. The number of ether oxygens (including phenoxy) is 1. The van der Waals surface area contributed by atoms with Crippen LogP contribution in [0.1, 0.15) is 0 Å². The third kappa shape index (κ3) is 3.90. The number of halogens is 10. The Balaban J connectivity index is 3.48. The van der Waals surface area contributed by atoms with Crippen molar-refractivity contribution in [1.29, 1.82) is 0 Å². The summed E-state index contributed by atoms with van der Waals surface area (Å²) in [6, 6.07) is 0. The van der Waals surface area contributed by atoms with Gasteiger partial charge in [-0.15, -0.1) is 0 Å². The van der Waals surface area contributed by atoms with Crippen molar-refractivity contribution in [2.45, 2.75) is 12.3 Å². The molecule has 0 heterocycles. The molecule has 0 spiro atoms. The van der Waals surface area contributed by atoms with E-state index < -0.39 is 58.9 Å². The van der Waals surface area contributed by atoms with Gasteiger partial charge in [-0.1, -0.05) is 0 Å². The lowest BCUT2D eigenvalue weighted by molar-refractivity contribution is -0.296. The molecule has 1 rings (SSSR count). The Morgan fingerprint density at radius 3 is 1.52 bits per heavy atom. The molecule has 0 aliphatic carbocycles. The van der Waals surface area contributed by atoms with Crippen molar-refractivity contribution >= 4 is 5.91 Å². The van der Waals surface area contributed by atoms with Crippen LogP contribution in [-0.4, -0.2) is 37.2 Å². The van der Waals surface area contributed by atoms with Crippen molar-refractivity contribution in [3.63, 3.8) is 0 Å². The van der Waals surface area contributed by atoms with Crippen molar-refractivity contribution in [3.05, 3.63) is 29.1 Å². The maximum atomic E-state index is 13.7. The Labute approximate surface area is 132 Å².